The van der Waals surface area contributed by atoms with Crippen molar-refractivity contribution in [2.24, 2.45) is 11.8 Å². The molecule has 0 bridgehead atoms. The lowest BCUT2D eigenvalue weighted by atomic mass is 9.80. The van der Waals surface area contributed by atoms with E-state index in [0.29, 0.717) is 12.0 Å². The van der Waals surface area contributed by atoms with Gasteiger partial charge in [0.2, 0.25) is 0 Å². The standard InChI is InChI=1S/C18H26N2O/c1-11(2)18-20-16-10-14(5-6-17(16)21-18)19-15-8-12(3)7-13(4)9-15/h5-6,10-13,15,19H,7-9H2,1-4H3. The number of rotatable bonds is 3. The van der Waals surface area contributed by atoms with Crippen molar-refractivity contribution in [3.63, 3.8) is 0 Å². The molecular formula is C18H26N2O. The lowest BCUT2D eigenvalue weighted by Gasteiger charge is -2.32. The Morgan fingerprint density at radius 1 is 1.14 bits per heavy atom. The summed E-state index contributed by atoms with van der Waals surface area (Å²) in [4.78, 5) is 4.59. The summed E-state index contributed by atoms with van der Waals surface area (Å²) in [5.41, 5.74) is 3.01. The van der Waals surface area contributed by atoms with E-state index in [0.717, 1.165) is 34.5 Å². The SMILES string of the molecule is CC1CC(C)CC(Nc2ccc3oc(C(C)C)nc3c2)C1. The number of hydrogen-bond donors (Lipinski definition) is 1. The molecule has 1 aromatic carbocycles. The molecule has 0 saturated heterocycles. The molecule has 1 saturated carbocycles. The van der Waals surface area contributed by atoms with Gasteiger partial charge >= 0.3 is 0 Å². The predicted octanol–water partition coefficient (Wildman–Crippen LogP) is 5.19. The molecule has 3 rings (SSSR count). The van der Waals surface area contributed by atoms with Crippen molar-refractivity contribution in [1.82, 2.24) is 4.98 Å². The molecule has 2 atom stereocenters. The first-order valence-electron chi connectivity index (χ1n) is 8.18. The second-order valence-corrected chi connectivity index (χ2v) is 7.15. The molecule has 0 amide bonds. The zero-order valence-electron chi connectivity index (χ0n) is 13.5. The largest absolute Gasteiger partial charge is 0.440 e. The minimum atomic E-state index is 0.328. The smallest absolute Gasteiger partial charge is 0.198 e. The molecule has 1 aliphatic rings. The minimum absolute atomic E-state index is 0.328. The van der Waals surface area contributed by atoms with Crippen LogP contribution in [0, 0.1) is 11.8 Å². The Balaban J connectivity index is 1.77. The van der Waals surface area contributed by atoms with Gasteiger partial charge in [0, 0.05) is 17.6 Å². The lowest BCUT2D eigenvalue weighted by molar-refractivity contribution is 0.281. The first kappa shape index (κ1) is 14.4. The van der Waals surface area contributed by atoms with Crippen LogP contribution in [0.3, 0.4) is 0 Å². The van der Waals surface area contributed by atoms with Crippen molar-refractivity contribution < 1.29 is 4.42 Å². The Kier molecular flexibility index (Phi) is 3.92. The molecule has 2 aromatic rings. The molecule has 3 heteroatoms. The molecule has 1 fully saturated rings. The zero-order chi connectivity index (χ0) is 15.0. The van der Waals surface area contributed by atoms with Crippen LogP contribution >= 0.6 is 0 Å². The van der Waals surface area contributed by atoms with Crippen LogP contribution in [0.25, 0.3) is 11.1 Å². The highest BCUT2D eigenvalue weighted by Gasteiger charge is 2.23. The highest BCUT2D eigenvalue weighted by molar-refractivity contribution is 5.77. The highest BCUT2D eigenvalue weighted by Crippen LogP contribution is 2.31. The van der Waals surface area contributed by atoms with E-state index in [-0.39, 0.29) is 0 Å². The van der Waals surface area contributed by atoms with Gasteiger partial charge in [0.1, 0.15) is 5.52 Å². The first-order chi connectivity index (χ1) is 10.0. The van der Waals surface area contributed by atoms with Gasteiger partial charge in [-0.3, -0.25) is 0 Å². The lowest BCUT2D eigenvalue weighted by Crippen LogP contribution is -2.30. The van der Waals surface area contributed by atoms with Gasteiger partial charge in [-0.1, -0.05) is 27.7 Å². The molecule has 114 valence electrons. The third kappa shape index (κ3) is 3.22. The number of aromatic nitrogens is 1. The van der Waals surface area contributed by atoms with Gasteiger partial charge in [-0.05, 0) is 49.3 Å². The third-order valence-corrected chi connectivity index (χ3v) is 4.45. The van der Waals surface area contributed by atoms with Crippen molar-refractivity contribution in [1.29, 1.82) is 0 Å². The summed E-state index contributed by atoms with van der Waals surface area (Å²) in [5.74, 6) is 2.78. The number of benzene rings is 1. The molecule has 0 radical (unpaired) electrons. The summed E-state index contributed by atoms with van der Waals surface area (Å²) >= 11 is 0. The van der Waals surface area contributed by atoms with E-state index >= 15 is 0 Å². The molecule has 1 aromatic heterocycles. The topological polar surface area (TPSA) is 38.1 Å². The van der Waals surface area contributed by atoms with Crippen LogP contribution < -0.4 is 5.32 Å². The van der Waals surface area contributed by atoms with Crippen LogP contribution in [0.4, 0.5) is 5.69 Å². The van der Waals surface area contributed by atoms with Crippen molar-refractivity contribution in [2.75, 3.05) is 5.32 Å². The fourth-order valence-corrected chi connectivity index (χ4v) is 3.58. The van der Waals surface area contributed by atoms with E-state index in [4.69, 9.17) is 4.42 Å². The van der Waals surface area contributed by atoms with Crippen LogP contribution in [0.5, 0.6) is 0 Å². The Bertz CT molecular complexity index is 607. The van der Waals surface area contributed by atoms with Crippen molar-refractivity contribution in [2.45, 2.75) is 58.9 Å². The van der Waals surface area contributed by atoms with E-state index in [9.17, 15) is 0 Å². The molecule has 3 nitrogen and oxygen atoms in total. The van der Waals surface area contributed by atoms with Gasteiger partial charge in [0.15, 0.2) is 11.5 Å². The molecule has 2 unspecified atom stereocenters. The summed E-state index contributed by atoms with van der Waals surface area (Å²) in [6.07, 6.45) is 3.88. The van der Waals surface area contributed by atoms with Gasteiger partial charge in [0.05, 0.1) is 0 Å². The van der Waals surface area contributed by atoms with Crippen LogP contribution in [-0.4, -0.2) is 11.0 Å². The van der Waals surface area contributed by atoms with Crippen molar-refractivity contribution >= 4 is 16.8 Å². The second kappa shape index (κ2) is 5.70. The number of nitrogens with one attached hydrogen (secondary N) is 1. The van der Waals surface area contributed by atoms with Gasteiger partial charge in [0.25, 0.3) is 0 Å². The number of nitrogens with zero attached hydrogens (tertiary/aromatic N) is 1. The fourth-order valence-electron chi connectivity index (χ4n) is 3.58. The number of fused-ring (bicyclic) bond motifs is 1. The van der Waals surface area contributed by atoms with Crippen LogP contribution in [0.15, 0.2) is 22.6 Å². The molecular weight excluding hydrogens is 260 g/mol. The molecule has 0 spiro atoms. The Labute approximate surface area is 127 Å². The first-order valence-corrected chi connectivity index (χ1v) is 8.18. The normalized spacial score (nSPS) is 26.4. The number of oxazole rings is 1. The van der Waals surface area contributed by atoms with Gasteiger partial charge in [-0.25, -0.2) is 4.98 Å². The molecule has 1 N–H and O–H groups in total. The monoisotopic (exact) mass is 286 g/mol. The van der Waals surface area contributed by atoms with Crippen LogP contribution in [0.1, 0.15) is 58.8 Å². The maximum Gasteiger partial charge on any atom is 0.198 e. The summed E-state index contributed by atoms with van der Waals surface area (Å²) in [7, 11) is 0. The predicted molar refractivity (Wildman–Crippen MR) is 87.7 cm³/mol. The Morgan fingerprint density at radius 3 is 2.52 bits per heavy atom. The number of hydrogen-bond acceptors (Lipinski definition) is 3. The maximum absolute atomic E-state index is 5.77. The summed E-state index contributed by atoms with van der Waals surface area (Å²) in [5, 5.41) is 3.69. The zero-order valence-corrected chi connectivity index (χ0v) is 13.5. The second-order valence-electron chi connectivity index (χ2n) is 7.15. The van der Waals surface area contributed by atoms with Crippen molar-refractivity contribution in [3.05, 3.63) is 24.1 Å². The van der Waals surface area contributed by atoms with E-state index in [1.807, 2.05) is 6.07 Å². The molecule has 0 aliphatic heterocycles. The Morgan fingerprint density at radius 2 is 1.86 bits per heavy atom. The van der Waals surface area contributed by atoms with E-state index in [2.05, 4.69) is 50.1 Å². The summed E-state index contributed by atoms with van der Waals surface area (Å²) < 4.78 is 5.77. The highest BCUT2D eigenvalue weighted by atomic mass is 16.3. The average molecular weight is 286 g/mol. The fraction of sp³-hybridized carbons (Fsp3) is 0.611. The third-order valence-electron chi connectivity index (χ3n) is 4.45. The van der Waals surface area contributed by atoms with E-state index in [1.54, 1.807) is 0 Å². The number of anilines is 1. The van der Waals surface area contributed by atoms with E-state index < -0.39 is 0 Å². The van der Waals surface area contributed by atoms with E-state index in [1.165, 1.54) is 19.3 Å². The molecule has 1 aliphatic carbocycles. The van der Waals surface area contributed by atoms with Crippen LogP contribution in [-0.2, 0) is 0 Å². The molecule has 21 heavy (non-hydrogen) atoms. The summed E-state index contributed by atoms with van der Waals surface area (Å²) in [6.45, 7) is 8.93. The van der Waals surface area contributed by atoms with Gasteiger partial charge in [-0.2, -0.15) is 0 Å². The average Bonchev–Trinajstić information content (AvgIpc) is 2.80. The summed E-state index contributed by atoms with van der Waals surface area (Å²) in [6, 6.07) is 6.85. The van der Waals surface area contributed by atoms with Crippen molar-refractivity contribution in [3.8, 4) is 0 Å². The maximum atomic E-state index is 5.77. The quantitative estimate of drug-likeness (QED) is 0.844. The van der Waals surface area contributed by atoms with Crippen LogP contribution in [0.2, 0.25) is 0 Å². The van der Waals surface area contributed by atoms with Gasteiger partial charge in [-0.15, -0.1) is 0 Å². The van der Waals surface area contributed by atoms with Gasteiger partial charge < -0.3 is 9.73 Å². The Hall–Kier alpha value is -1.51. The molecule has 1 heterocycles. The minimum Gasteiger partial charge on any atom is -0.440 e.